The molecule has 0 atom stereocenters. The Labute approximate surface area is 155 Å². The summed E-state index contributed by atoms with van der Waals surface area (Å²) in [5.41, 5.74) is 0.946. The molecular formula is C19H24ClNO3S. The molecule has 0 aliphatic heterocycles. The Balaban J connectivity index is 2.26. The molecule has 0 radical (unpaired) electrons. The monoisotopic (exact) mass is 381 g/mol. The number of nitrogens with zero attached hydrogens (tertiary/aromatic N) is 1. The molecule has 6 heteroatoms. The number of halogens is 1. The van der Waals surface area contributed by atoms with E-state index in [0.29, 0.717) is 30.5 Å². The fourth-order valence-electron chi connectivity index (χ4n) is 2.38. The molecule has 2 aromatic rings. The van der Waals surface area contributed by atoms with Gasteiger partial charge in [0.1, 0.15) is 5.75 Å². The van der Waals surface area contributed by atoms with Crippen LogP contribution in [0.25, 0.3) is 0 Å². The van der Waals surface area contributed by atoms with E-state index < -0.39 is 10.0 Å². The molecule has 0 bridgehead atoms. The van der Waals surface area contributed by atoms with Gasteiger partial charge in [0.2, 0.25) is 10.0 Å². The van der Waals surface area contributed by atoms with Crippen molar-refractivity contribution in [2.45, 2.75) is 38.1 Å². The summed E-state index contributed by atoms with van der Waals surface area (Å²) in [6.07, 6.45) is 1.89. The molecule has 0 heterocycles. The minimum Gasteiger partial charge on any atom is -0.492 e. The standard InChI is InChI=1S/C19H24ClNO3S/c1-3-5-13-24-19-14-17(11-12-18(19)20)25(22,23)21(4-2)15-16-9-7-6-8-10-16/h6-12,14H,3-5,13,15H2,1-2H3. The van der Waals surface area contributed by atoms with Gasteiger partial charge in [-0.25, -0.2) is 8.42 Å². The van der Waals surface area contributed by atoms with Crippen LogP contribution in [0.5, 0.6) is 5.75 Å². The van der Waals surface area contributed by atoms with Crippen molar-refractivity contribution >= 4 is 21.6 Å². The highest BCUT2D eigenvalue weighted by molar-refractivity contribution is 7.89. The third kappa shape index (κ3) is 5.21. The first kappa shape index (κ1) is 19.8. The van der Waals surface area contributed by atoms with Gasteiger partial charge in [0.05, 0.1) is 16.5 Å². The Morgan fingerprint density at radius 3 is 2.44 bits per heavy atom. The zero-order valence-corrected chi connectivity index (χ0v) is 16.2. The van der Waals surface area contributed by atoms with E-state index in [1.54, 1.807) is 6.07 Å². The zero-order valence-electron chi connectivity index (χ0n) is 14.6. The lowest BCUT2D eigenvalue weighted by atomic mass is 10.2. The molecule has 0 fully saturated rings. The normalized spacial score (nSPS) is 11.7. The smallest absolute Gasteiger partial charge is 0.243 e. The molecule has 0 saturated carbocycles. The van der Waals surface area contributed by atoms with E-state index in [1.807, 2.05) is 37.3 Å². The second-order valence-electron chi connectivity index (χ2n) is 5.71. The minimum absolute atomic E-state index is 0.196. The lowest BCUT2D eigenvalue weighted by Gasteiger charge is -2.21. The number of hydrogen-bond donors (Lipinski definition) is 0. The van der Waals surface area contributed by atoms with E-state index in [0.717, 1.165) is 18.4 Å². The minimum atomic E-state index is -3.62. The molecule has 2 aromatic carbocycles. The molecule has 2 rings (SSSR count). The number of rotatable bonds is 9. The van der Waals surface area contributed by atoms with Crippen molar-refractivity contribution in [3.8, 4) is 5.75 Å². The maximum Gasteiger partial charge on any atom is 0.243 e. The quantitative estimate of drug-likeness (QED) is 0.590. The molecule has 0 spiro atoms. The first-order valence-electron chi connectivity index (χ1n) is 8.45. The van der Waals surface area contributed by atoms with E-state index in [9.17, 15) is 8.42 Å². The lowest BCUT2D eigenvalue weighted by molar-refractivity contribution is 0.308. The van der Waals surface area contributed by atoms with Gasteiger partial charge in [0, 0.05) is 19.2 Å². The molecule has 25 heavy (non-hydrogen) atoms. The van der Waals surface area contributed by atoms with Crippen molar-refractivity contribution in [1.29, 1.82) is 0 Å². The summed E-state index contributed by atoms with van der Waals surface area (Å²) in [4.78, 5) is 0.196. The van der Waals surface area contributed by atoms with E-state index in [1.165, 1.54) is 16.4 Å². The predicted molar refractivity (Wildman–Crippen MR) is 102 cm³/mol. The third-order valence-electron chi connectivity index (χ3n) is 3.85. The van der Waals surface area contributed by atoms with Gasteiger partial charge in [0.15, 0.2) is 0 Å². The van der Waals surface area contributed by atoms with Crippen molar-refractivity contribution in [2.75, 3.05) is 13.2 Å². The highest BCUT2D eigenvalue weighted by Crippen LogP contribution is 2.29. The summed E-state index contributed by atoms with van der Waals surface area (Å²) in [5, 5.41) is 0.418. The summed E-state index contributed by atoms with van der Waals surface area (Å²) in [7, 11) is -3.62. The average molecular weight is 382 g/mol. The van der Waals surface area contributed by atoms with Gasteiger partial charge in [-0.15, -0.1) is 0 Å². The van der Waals surface area contributed by atoms with Crippen LogP contribution in [-0.4, -0.2) is 25.9 Å². The molecule has 0 amide bonds. The average Bonchev–Trinajstić information content (AvgIpc) is 2.62. The van der Waals surface area contributed by atoms with Crippen LogP contribution >= 0.6 is 11.6 Å². The van der Waals surface area contributed by atoms with Gasteiger partial charge >= 0.3 is 0 Å². The van der Waals surface area contributed by atoms with Crippen LogP contribution in [-0.2, 0) is 16.6 Å². The zero-order chi connectivity index (χ0) is 18.3. The van der Waals surface area contributed by atoms with Crippen LogP contribution in [0.4, 0.5) is 0 Å². The van der Waals surface area contributed by atoms with Crippen LogP contribution in [0.2, 0.25) is 5.02 Å². The Morgan fingerprint density at radius 1 is 1.08 bits per heavy atom. The fourth-order valence-corrected chi connectivity index (χ4v) is 4.01. The van der Waals surface area contributed by atoms with Crippen LogP contribution in [0.1, 0.15) is 32.3 Å². The summed E-state index contributed by atoms with van der Waals surface area (Å²) < 4.78 is 33.1. The van der Waals surface area contributed by atoms with Crippen molar-refractivity contribution in [1.82, 2.24) is 4.31 Å². The van der Waals surface area contributed by atoms with E-state index in [2.05, 4.69) is 6.92 Å². The SMILES string of the molecule is CCCCOc1cc(S(=O)(=O)N(CC)Cc2ccccc2)ccc1Cl. The van der Waals surface area contributed by atoms with Gasteiger partial charge in [0.25, 0.3) is 0 Å². The maximum absolute atomic E-state index is 13.0. The molecule has 0 aliphatic rings. The number of sulfonamides is 1. The molecule has 0 aliphatic carbocycles. The Hall–Kier alpha value is -1.56. The van der Waals surface area contributed by atoms with Crippen molar-refractivity contribution in [3.05, 3.63) is 59.1 Å². The summed E-state index contributed by atoms with van der Waals surface area (Å²) >= 11 is 6.14. The van der Waals surface area contributed by atoms with Gasteiger partial charge in [-0.2, -0.15) is 4.31 Å². The van der Waals surface area contributed by atoms with E-state index >= 15 is 0 Å². The van der Waals surface area contributed by atoms with Crippen molar-refractivity contribution in [2.24, 2.45) is 0 Å². The number of hydrogen-bond acceptors (Lipinski definition) is 3. The van der Waals surface area contributed by atoms with Crippen LogP contribution in [0, 0.1) is 0 Å². The molecule has 0 N–H and O–H groups in total. The van der Waals surface area contributed by atoms with Crippen LogP contribution in [0.3, 0.4) is 0 Å². The summed E-state index contributed by atoms with van der Waals surface area (Å²) in [5.74, 6) is 0.409. The van der Waals surface area contributed by atoms with Gasteiger partial charge in [-0.05, 0) is 24.1 Å². The highest BCUT2D eigenvalue weighted by Gasteiger charge is 2.24. The number of benzene rings is 2. The molecular weight excluding hydrogens is 358 g/mol. The molecule has 4 nitrogen and oxygen atoms in total. The van der Waals surface area contributed by atoms with E-state index in [-0.39, 0.29) is 4.90 Å². The fraction of sp³-hybridized carbons (Fsp3) is 0.368. The first-order valence-corrected chi connectivity index (χ1v) is 10.3. The summed E-state index contributed by atoms with van der Waals surface area (Å²) in [6.45, 7) is 5.12. The van der Waals surface area contributed by atoms with Crippen molar-refractivity contribution < 1.29 is 13.2 Å². The largest absolute Gasteiger partial charge is 0.492 e. The van der Waals surface area contributed by atoms with E-state index in [4.69, 9.17) is 16.3 Å². The molecule has 0 unspecified atom stereocenters. The maximum atomic E-state index is 13.0. The van der Waals surface area contributed by atoms with Gasteiger partial charge in [-0.3, -0.25) is 0 Å². The highest BCUT2D eigenvalue weighted by atomic mass is 35.5. The number of unbranched alkanes of at least 4 members (excludes halogenated alkanes) is 1. The van der Waals surface area contributed by atoms with Crippen LogP contribution in [0.15, 0.2) is 53.4 Å². The first-order chi connectivity index (χ1) is 12.0. The molecule has 0 saturated heterocycles. The van der Waals surface area contributed by atoms with Crippen molar-refractivity contribution in [3.63, 3.8) is 0 Å². The van der Waals surface area contributed by atoms with Gasteiger partial charge < -0.3 is 4.74 Å². The van der Waals surface area contributed by atoms with Crippen LogP contribution < -0.4 is 4.74 Å². The third-order valence-corrected chi connectivity index (χ3v) is 6.08. The second kappa shape index (κ2) is 9.22. The van der Waals surface area contributed by atoms with Gasteiger partial charge in [-0.1, -0.05) is 62.2 Å². The Morgan fingerprint density at radius 2 is 1.80 bits per heavy atom. The summed E-state index contributed by atoms with van der Waals surface area (Å²) in [6, 6.07) is 14.2. The Kier molecular flexibility index (Phi) is 7.29. The predicted octanol–water partition coefficient (Wildman–Crippen LogP) is 4.73. The lowest BCUT2D eigenvalue weighted by Crippen LogP contribution is -2.30. The molecule has 136 valence electrons. The second-order valence-corrected chi connectivity index (χ2v) is 8.06. The number of ether oxygens (including phenoxy) is 1. The Bertz CT molecular complexity index is 779. The topological polar surface area (TPSA) is 46.6 Å². The molecule has 0 aromatic heterocycles.